The second-order valence-electron chi connectivity index (χ2n) is 3.04. The van der Waals surface area contributed by atoms with Crippen LogP contribution in [0.4, 0.5) is 0 Å². The summed E-state index contributed by atoms with van der Waals surface area (Å²) in [5, 5.41) is 0.829. The maximum absolute atomic E-state index is 5.73. The quantitative estimate of drug-likeness (QED) is 0.734. The second kappa shape index (κ2) is 6.59. The van der Waals surface area contributed by atoms with E-state index in [1.807, 2.05) is 18.2 Å². The van der Waals surface area contributed by atoms with Crippen molar-refractivity contribution in [2.45, 2.75) is 19.4 Å². The molecule has 1 nitrogen and oxygen atoms in total. The molecule has 0 bridgehead atoms. The van der Waals surface area contributed by atoms with Crippen molar-refractivity contribution in [3.63, 3.8) is 0 Å². The normalized spacial score (nSPS) is 12.8. The van der Waals surface area contributed by atoms with Gasteiger partial charge in [-0.05, 0) is 18.1 Å². The summed E-state index contributed by atoms with van der Waals surface area (Å²) in [6.45, 7) is 2.92. The van der Waals surface area contributed by atoms with Gasteiger partial charge in [-0.1, -0.05) is 57.0 Å². The minimum Gasteiger partial charge on any atom is -0.373 e. The molecule has 0 fully saturated rings. The summed E-state index contributed by atoms with van der Waals surface area (Å²) in [6.07, 6.45) is 1.19. The molecule has 1 atom stereocenters. The lowest BCUT2D eigenvalue weighted by Gasteiger charge is -2.16. The Morgan fingerprint density at radius 3 is 2.64 bits per heavy atom. The van der Waals surface area contributed by atoms with Crippen LogP contribution in [0.1, 0.15) is 25.0 Å². The van der Waals surface area contributed by atoms with Crippen LogP contribution in [0.3, 0.4) is 0 Å². The summed E-state index contributed by atoms with van der Waals surface area (Å²) in [7, 11) is 0. The van der Waals surface area contributed by atoms with Crippen molar-refractivity contribution in [1.29, 1.82) is 0 Å². The average molecular weight is 322 g/mol. The summed E-state index contributed by atoms with van der Waals surface area (Å²) in [5.74, 6) is 0. The summed E-state index contributed by atoms with van der Waals surface area (Å²) >= 11 is 7.00. The Hall–Kier alpha value is 0.140. The van der Waals surface area contributed by atoms with Crippen molar-refractivity contribution in [2.75, 3.05) is 11.9 Å². The lowest BCUT2D eigenvalue weighted by atomic mass is 10.1. The number of ether oxygens (including phenoxy) is 1. The Bertz CT molecular complexity index is 276. The van der Waals surface area contributed by atoms with E-state index in [1.165, 1.54) is 5.56 Å². The van der Waals surface area contributed by atoms with Crippen LogP contribution in [-0.4, -0.2) is 11.9 Å². The predicted molar refractivity (Wildman–Crippen MR) is 66.9 cm³/mol. The number of benzene rings is 1. The highest BCUT2D eigenvalue weighted by atomic mass is 79.9. The molecule has 0 aliphatic heterocycles. The zero-order valence-electron chi connectivity index (χ0n) is 8.17. The van der Waals surface area contributed by atoms with Gasteiger partial charge in [-0.15, -0.1) is 0 Å². The van der Waals surface area contributed by atoms with Gasteiger partial charge in [0.25, 0.3) is 0 Å². The van der Waals surface area contributed by atoms with Gasteiger partial charge in [-0.3, -0.25) is 0 Å². The monoisotopic (exact) mass is 320 g/mol. The molecule has 0 radical (unpaired) electrons. The van der Waals surface area contributed by atoms with Gasteiger partial charge in [0, 0.05) is 16.4 Å². The summed E-state index contributed by atoms with van der Waals surface area (Å²) < 4.78 is 6.84. The minimum absolute atomic E-state index is 0.144. The molecule has 0 saturated carbocycles. The molecule has 0 spiro atoms. The molecule has 78 valence electrons. The number of alkyl halides is 1. The fourth-order valence-corrected chi connectivity index (χ4v) is 2.29. The molecular weight excluding hydrogens is 308 g/mol. The molecule has 1 unspecified atom stereocenters. The molecule has 0 heterocycles. The number of halogens is 2. The first-order chi connectivity index (χ1) is 6.79. The van der Waals surface area contributed by atoms with Crippen LogP contribution in [0, 0.1) is 0 Å². The van der Waals surface area contributed by atoms with Gasteiger partial charge in [-0.2, -0.15) is 0 Å². The van der Waals surface area contributed by atoms with Crippen LogP contribution in [0.15, 0.2) is 28.7 Å². The largest absolute Gasteiger partial charge is 0.373 e. The fraction of sp³-hybridized carbons (Fsp3) is 0.455. The highest BCUT2D eigenvalue weighted by molar-refractivity contribution is 9.10. The molecular formula is C11H14Br2O. The smallest absolute Gasteiger partial charge is 0.0932 e. The Labute approximate surface area is 102 Å². The number of hydrogen-bond donors (Lipinski definition) is 0. The van der Waals surface area contributed by atoms with Gasteiger partial charge >= 0.3 is 0 Å². The number of rotatable bonds is 5. The summed E-state index contributed by atoms with van der Waals surface area (Å²) in [5.41, 5.74) is 1.21. The molecule has 1 aromatic rings. The Morgan fingerprint density at radius 2 is 2.07 bits per heavy atom. The van der Waals surface area contributed by atoms with Crippen molar-refractivity contribution in [2.24, 2.45) is 0 Å². The minimum atomic E-state index is 0.144. The van der Waals surface area contributed by atoms with Crippen LogP contribution in [-0.2, 0) is 4.74 Å². The Morgan fingerprint density at radius 1 is 1.36 bits per heavy atom. The topological polar surface area (TPSA) is 9.23 Å². The average Bonchev–Trinajstić information content (AvgIpc) is 2.21. The predicted octanol–water partition coefficient (Wildman–Crippen LogP) is 4.31. The van der Waals surface area contributed by atoms with Gasteiger partial charge in [0.2, 0.25) is 0 Å². The van der Waals surface area contributed by atoms with Crippen LogP contribution >= 0.6 is 31.9 Å². The third-order valence-corrected chi connectivity index (χ3v) is 3.23. The van der Waals surface area contributed by atoms with Gasteiger partial charge in [0.1, 0.15) is 0 Å². The zero-order chi connectivity index (χ0) is 10.4. The van der Waals surface area contributed by atoms with Crippen LogP contribution in [0.2, 0.25) is 0 Å². The highest BCUT2D eigenvalue weighted by Crippen LogP contribution is 2.27. The van der Waals surface area contributed by atoms with Crippen molar-refractivity contribution in [3.05, 3.63) is 34.3 Å². The van der Waals surface area contributed by atoms with Gasteiger partial charge in [-0.25, -0.2) is 0 Å². The molecule has 0 aromatic heterocycles. The van der Waals surface area contributed by atoms with Crippen molar-refractivity contribution >= 4 is 31.9 Å². The Balaban J connectivity index is 2.73. The highest BCUT2D eigenvalue weighted by Gasteiger charge is 2.12. The van der Waals surface area contributed by atoms with Crippen molar-refractivity contribution in [1.82, 2.24) is 0 Å². The SMILES string of the molecule is CCCOC(CBr)c1ccccc1Br. The molecule has 1 aromatic carbocycles. The maximum Gasteiger partial charge on any atom is 0.0932 e. The van der Waals surface area contributed by atoms with Gasteiger partial charge in [0.05, 0.1) is 6.10 Å². The van der Waals surface area contributed by atoms with E-state index in [0.29, 0.717) is 0 Å². The first kappa shape index (κ1) is 12.2. The first-order valence-corrected chi connectivity index (χ1v) is 6.63. The zero-order valence-corrected chi connectivity index (χ0v) is 11.3. The maximum atomic E-state index is 5.73. The van der Waals surface area contributed by atoms with Crippen LogP contribution in [0.5, 0.6) is 0 Å². The van der Waals surface area contributed by atoms with Gasteiger partial charge in [0.15, 0.2) is 0 Å². The summed E-state index contributed by atoms with van der Waals surface area (Å²) in [6, 6.07) is 8.18. The van der Waals surface area contributed by atoms with Crippen molar-refractivity contribution < 1.29 is 4.74 Å². The van der Waals surface area contributed by atoms with E-state index in [2.05, 4.69) is 44.8 Å². The Kier molecular flexibility index (Phi) is 5.75. The van der Waals surface area contributed by atoms with Crippen molar-refractivity contribution in [3.8, 4) is 0 Å². The molecule has 0 aliphatic rings. The van der Waals surface area contributed by atoms with E-state index >= 15 is 0 Å². The van der Waals surface area contributed by atoms with Crippen LogP contribution < -0.4 is 0 Å². The van der Waals surface area contributed by atoms with Gasteiger partial charge < -0.3 is 4.74 Å². The molecule has 1 rings (SSSR count). The second-order valence-corrected chi connectivity index (χ2v) is 4.54. The fourth-order valence-electron chi connectivity index (χ4n) is 1.21. The molecule has 3 heteroatoms. The lowest BCUT2D eigenvalue weighted by Crippen LogP contribution is -2.07. The lowest BCUT2D eigenvalue weighted by molar-refractivity contribution is 0.0699. The third-order valence-electron chi connectivity index (χ3n) is 1.92. The van der Waals surface area contributed by atoms with E-state index in [4.69, 9.17) is 4.74 Å². The molecule has 0 N–H and O–H groups in total. The molecule has 0 amide bonds. The molecule has 0 saturated heterocycles. The molecule has 14 heavy (non-hydrogen) atoms. The van der Waals surface area contributed by atoms with E-state index in [-0.39, 0.29) is 6.10 Å². The van der Waals surface area contributed by atoms with E-state index in [9.17, 15) is 0 Å². The van der Waals surface area contributed by atoms with E-state index in [1.54, 1.807) is 0 Å². The number of hydrogen-bond acceptors (Lipinski definition) is 1. The van der Waals surface area contributed by atoms with Crippen LogP contribution in [0.25, 0.3) is 0 Å². The first-order valence-electron chi connectivity index (χ1n) is 4.71. The van der Waals surface area contributed by atoms with E-state index in [0.717, 1.165) is 22.8 Å². The molecule has 0 aliphatic carbocycles. The summed E-state index contributed by atoms with van der Waals surface area (Å²) in [4.78, 5) is 0. The standard InChI is InChI=1S/C11H14Br2O/c1-2-7-14-11(8-12)9-5-3-4-6-10(9)13/h3-6,11H,2,7-8H2,1H3. The van der Waals surface area contributed by atoms with E-state index < -0.39 is 0 Å². The third kappa shape index (κ3) is 3.37.